The topological polar surface area (TPSA) is 33.5 Å². The molecule has 2 fully saturated rings. The van der Waals surface area contributed by atoms with E-state index in [0.717, 1.165) is 29.1 Å². The number of nitrogens with zero attached hydrogens (tertiary/aromatic N) is 1. The highest BCUT2D eigenvalue weighted by Gasteiger charge is 2.37. The number of furan rings is 1. The van der Waals surface area contributed by atoms with Crippen LogP contribution in [0.15, 0.2) is 39.4 Å². The Balaban J connectivity index is 1.76. The van der Waals surface area contributed by atoms with Crippen molar-refractivity contribution in [1.29, 1.82) is 0 Å². The van der Waals surface area contributed by atoms with Crippen molar-refractivity contribution in [2.24, 2.45) is 0 Å². The van der Waals surface area contributed by atoms with Crippen LogP contribution in [0.3, 0.4) is 0 Å². The molecule has 2 heterocycles. The molecule has 0 bridgehead atoms. The molecule has 3 nitrogen and oxygen atoms in total. The van der Waals surface area contributed by atoms with Crippen molar-refractivity contribution in [3.63, 3.8) is 0 Å². The van der Waals surface area contributed by atoms with Crippen LogP contribution in [0.4, 0.5) is 0 Å². The molecule has 2 aliphatic rings. The normalized spacial score (nSPS) is 22.9. The number of hydrogen-bond acceptors (Lipinski definition) is 4. The van der Waals surface area contributed by atoms with Gasteiger partial charge in [-0.05, 0) is 49.6 Å². The minimum atomic E-state index is 0.0640. The van der Waals surface area contributed by atoms with Crippen LogP contribution in [0.1, 0.15) is 44.8 Å². The van der Waals surface area contributed by atoms with E-state index in [9.17, 15) is 4.79 Å². The van der Waals surface area contributed by atoms with Gasteiger partial charge in [0.1, 0.15) is 10.1 Å². The summed E-state index contributed by atoms with van der Waals surface area (Å²) in [5, 5.41) is 0. The van der Waals surface area contributed by atoms with E-state index in [1.807, 2.05) is 36.1 Å². The number of hydrogen-bond donors (Lipinski definition) is 0. The number of thiocarbonyl (C=S) groups is 1. The molecule has 5 heteroatoms. The van der Waals surface area contributed by atoms with Gasteiger partial charge in [0.25, 0.3) is 5.91 Å². The van der Waals surface area contributed by atoms with Crippen LogP contribution < -0.4 is 0 Å². The second kappa shape index (κ2) is 6.84. The molecule has 22 heavy (non-hydrogen) atoms. The smallest absolute Gasteiger partial charge is 0.266 e. The van der Waals surface area contributed by atoms with Crippen LogP contribution in [0.25, 0.3) is 6.08 Å². The van der Waals surface area contributed by atoms with Crippen LogP contribution in [-0.4, -0.2) is 21.2 Å². The first-order chi connectivity index (χ1) is 10.6. The standard InChI is InChI=1S/C17H19NO2S2/c1-12(10-14-8-5-9-20-14)11-15-16(19)18(17(21)22-15)13-6-3-2-4-7-13/h5,8-11,13H,2-4,6-7H2,1H3/b12-10+,15-11+. The number of rotatable bonds is 3. The average molecular weight is 333 g/mol. The Morgan fingerprint density at radius 3 is 2.86 bits per heavy atom. The maximum atomic E-state index is 12.7. The van der Waals surface area contributed by atoms with E-state index < -0.39 is 0 Å². The Morgan fingerprint density at radius 1 is 1.41 bits per heavy atom. The number of carbonyl (C=O) groups is 1. The Labute approximate surface area is 140 Å². The largest absolute Gasteiger partial charge is 0.465 e. The van der Waals surface area contributed by atoms with Gasteiger partial charge >= 0.3 is 0 Å². The van der Waals surface area contributed by atoms with Gasteiger partial charge in [0.05, 0.1) is 11.2 Å². The van der Waals surface area contributed by atoms with E-state index in [4.69, 9.17) is 16.6 Å². The van der Waals surface area contributed by atoms with E-state index in [-0.39, 0.29) is 5.91 Å². The van der Waals surface area contributed by atoms with Crippen LogP contribution in [0, 0.1) is 0 Å². The second-order valence-electron chi connectivity index (χ2n) is 5.75. The zero-order chi connectivity index (χ0) is 15.5. The first-order valence-electron chi connectivity index (χ1n) is 7.64. The molecular formula is C17H19NO2S2. The van der Waals surface area contributed by atoms with Crippen LogP contribution in [0.5, 0.6) is 0 Å². The van der Waals surface area contributed by atoms with Gasteiger partial charge in [-0.1, -0.05) is 43.2 Å². The summed E-state index contributed by atoms with van der Waals surface area (Å²) in [5.41, 5.74) is 0.985. The zero-order valence-corrected chi connectivity index (χ0v) is 14.2. The van der Waals surface area contributed by atoms with E-state index >= 15 is 0 Å². The van der Waals surface area contributed by atoms with Crippen molar-refractivity contribution in [3.05, 3.63) is 40.7 Å². The maximum absolute atomic E-state index is 12.7. The predicted molar refractivity (Wildman–Crippen MR) is 94.4 cm³/mol. The highest BCUT2D eigenvalue weighted by atomic mass is 32.2. The third-order valence-electron chi connectivity index (χ3n) is 4.04. The Kier molecular flexibility index (Phi) is 4.84. The Morgan fingerprint density at radius 2 is 2.18 bits per heavy atom. The molecule has 1 aliphatic carbocycles. The average Bonchev–Trinajstić information content (AvgIpc) is 3.09. The SMILES string of the molecule is CC(=C\c1ccco1)/C=C1/SC(=S)N(C2CCCCC2)C1=O. The molecule has 0 unspecified atom stereocenters. The van der Waals surface area contributed by atoms with Gasteiger partial charge in [0.2, 0.25) is 0 Å². The summed E-state index contributed by atoms with van der Waals surface area (Å²) in [7, 11) is 0. The molecule has 1 aromatic rings. The van der Waals surface area contributed by atoms with Crippen molar-refractivity contribution in [3.8, 4) is 0 Å². The molecule has 0 atom stereocenters. The molecule has 0 radical (unpaired) electrons. The lowest BCUT2D eigenvalue weighted by molar-refractivity contribution is -0.124. The van der Waals surface area contributed by atoms with Gasteiger partial charge in [0, 0.05) is 6.04 Å². The Bertz CT molecular complexity index is 625. The number of allylic oxidation sites excluding steroid dienone is 2. The fourth-order valence-corrected chi connectivity index (χ4v) is 4.43. The minimum Gasteiger partial charge on any atom is -0.465 e. The van der Waals surface area contributed by atoms with E-state index in [0.29, 0.717) is 10.4 Å². The molecule has 1 saturated heterocycles. The summed E-state index contributed by atoms with van der Waals surface area (Å²) in [6.07, 6.45) is 11.3. The molecule has 3 rings (SSSR count). The molecule has 116 valence electrons. The molecule has 0 aromatic carbocycles. The lowest BCUT2D eigenvalue weighted by Crippen LogP contribution is -2.39. The van der Waals surface area contributed by atoms with Gasteiger partial charge in [-0.15, -0.1) is 0 Å². The fraction of sp³-hybridized carbons (Fsp3) is 0.412. The van der Waals surface area contributed by atoms with Crippen LogP contribution in [0.2, 0.25) is 0 Å². The van der Waals surface area contributed by atoms with Crippen LogP contribution in [-0.2, 0) is 4.79 Å². The maximum Gasteiger partial charge on any atom is 0.266 e. The zero-order valence-electron chi connectivity index (χ0n) is 12.6. The molecule has 0 spiro atoms. The van der Waals surface area contributed by atoms with Gasteiger partial charge in [-0.2, -0.15) is 0 Å². The molecule has 1 aromatic heterocycles. The summed E-state index contributed by atoms with van der Waals surface area (Å²) in [4.78, 5) is 15.2. The van der Waals surface area contributed by atoms with Crippen molar-refractivity contribution >= 4 is 40.3 Å². The van der Waals surface area contributed by atoms with E-state index in [1.54, 1.807) is 6.26 Å². The first kappa shape index (κ1) is 15.6. The first-order valence-corrected chi connectivity index (χ1v) is 8.86. The van der Waals surface area contributed by atoms with Crippen molar-refractivity contribution in [2.75, 3.05) is 0 Å². The summed E-state index contributed by atoms with van der Waals surface area (Å²) < 4.78 is 6.00. The molecule has 1 saturated carbocycles. The summed E-state index contributed by atoms with van der Waals surface area (Å²) in [6.45, 7) is 1.97. The number of amides is 1. The molecule has 1 aliphatic heterocycles. The predicted octanol–water partition coefficient (Wildman–Crippen LogP) is 4.76. The molecule has 0 N–H and O–H groups in total. The van der Waals surface area contributed by atoms with Crippen molar-refractivity contribution < 1.29 is 9.21 Å². The summed E-state index contributed by atoms with van der Waals surface area (Å²) in [6, 6.07) is 4.04. The monoisotopic (exact) mass is 333 g/mol. The third kappa shape index (κ3) is 3.36. The lowest BCUT2D eigenvalue weighted by Gasteiger charge is -2.29. The molecular weight excluding hydrogens is 314 g/mol. The van der Waals surface area contributed by atoms with Gasteiger partial charge in [0.15, 0.2) is 0 Å². The summed E-state index contributed by atoms with van der Waals surface area (Å²) in [5.74, 6) is 0.852. The van der Waals surface area contributed by atoms with E-state index in [2.05, 4.69) is 0 Å². The van der Waals surface area contributed by atoms with Gasteiger partial charge < -0.3 is 4.42 Å². The van der Waals surface area contributed by atoms with Gasteiger partial charge in [-0.25, -0.2) is 0 Å². The van der Waals surface area contributed by atoms with Crippen LogP contribution >= 0.6 is 24.0 Å². The highest BCUT2D eigenvalue weighted by Crippen LogP contribution is 2.36. The number of thioether (sulfide) groups is 1. The Hall–Kier alpha value is -1.33. The lowest BCUT2D eigenvalue weighted by atomic mass is 9.94. The number of carbonyl (C=O) groups excluding carboxylic acids is 1. The minimum absolute atomic E-state index is 0.0640. The van der Waals surface area contributed by atoms with E-state index in [1.165, 1.54) is 31.0 Å². The van der Waals surface area contributed by atoms with Crippen molar-refractivity contribution in [1.82, 2.24) is 4.90 Å². The molecule has 1 amide bonds. The quantitative estimate of drug-likeness (QED) is 0.590. The second-order valence-corrected chi connectivity index (χ2v) is 7.42. The van der Waals surface area contributed by atoms with Crippen molar-refractivity contribution in [2.45, 2.75) is 45.1 Å². The van der Waals surface area contributed by atoms with Gasteiger partial charge in [-0.3, -0.25) is 9.69 Å². The highest BCUT2D eigenvalue weighted by molar-refractivity contribution is 8.26. The third-order valence-corrected chi connectivity index (χ3v) is 5.37. The summed E-state index contributed by atoms with van der Waals surface area (Å²) >= 11 is 6.85. The fourth-order valence-electron chi connectivity index (χ4n) is 2.98.